The van der Waals surface area contributed by atoms with Crippen LogP contribution in [0.3, 0.4) is 0 Å². The Balaban J connectivity index is 1.96. The first-order valence-corrected chi connectivity index (χ1v) is 7.51. The van der Waals surface area contributed by atoms with Crippen LogP contribution in [0, 0.1) is 0 Å². The van der Waals surface area contributed by atoms with Gasteiger partial charge in [0.05, 0.1) is 18.8 Å². The Bertz CT molecular complexity index is 711. The second-order valence-corrected chi connectivity index (χ2v) is 5.30. The maximum Gasteiger partial charge on any atom is 0.273 e. The highest BCUT2D eigenvalue weighted by atomic mass is 16.5. The number of hydrogen-bond donors (Lipinski definition) is 2. The van der Waals surface area contributed by atoms with Gasteiger partial charge < -0.3 is 9.47 Å². The molecule has 2 amide bonds. The molecule has 6 nitrogen and oxygen atoms in total. The predicted molar refractivity (Wildman–Crippen MR) is 90.1 cm³/mol. The van der Waals surface area contributed by atoms with Crippen LogP contribution in [0.5, 0.6) is 11.5 Å². The third-order valence-electron chi connectivity index (χ3n) is 3.13. The lowest BCUT2D eigenvalue weighted by Gasteiger charge is -2.11. The molecule has 2 aromatic rings. The summed E-state index contributed by atoms with van der Waals surface area (Å²) in [4.78, 5) is 24.2. The molecular weight excluding hydrogens is 308 g/mol. The van der Waals surface area contributed by atoms with Gasteiger partial charge in [-0.2, -0.15) is 0 Å². The summed E-state index contributed by atoms with van der Waals surface area (Å²) < 4.78 is 10.6. The zero-order chi connectivity index (χ0) is 17.5. The van der Waals surface area contributed by atoms with Crippen molar-refractivity contribution in [3.05, 3.63) is 59.7 Å². The fourth-order valence-electron chi connectivity index (χ4n) is 2.04. The molecule has 0 unspecified atom stereocenters. The molecule has 0 bridgehead atoms. The average molecular weight is 328 g/mol. The van der Waals surface area contributed by atoms with Gasteiger partial charge in [-0.1, -0.05) is 12.1 Å². The van der Waals surface area contributed by atoms with Gasteiger partial charge in [-0.3, -0.25) is 20.4 Å². The number of hydrogen-bond acceptors (Lipinski definition) is 4. The van der Waals surface area contributed by atoms with Crippen molar-refractivity contribution in [2.45, 2.75) is 20.0 Å². The minimum absolute atomic E-state index is 0.0600. The molecule has 6 heteroatoms. The summed E-state index contributed by atoms with van der Waals surface area (Å²) in [5.41, 5.74) is 5.49. The molecule has 24 heavy (non-hydrogen) atoms. The first-order valence-electron chi connectivity index (χ1n) is 7.51. The molecule has 0 saturated carbocycles. The van der Waals surface area contributed by atoms with Crippen LogP contribution >= 0.6 is 0 Å². The van der Waals surface area contributed by atoms with E-state index in [1.54, 1.807) is 48.5 Å². The Morgan fingerprint density at radius 1 is 0.917 bits per heavy atom. The molecule has 0 heterocycles. The van der Waals surface area contributed by atoms with E-state index in [9.17, 15) is 9.59 Å². The summed E-state index contributed by atoms with van der Waals surface area (Å²) in [6, 6.07) is 13.4. The number of para-hydroxylation sites is 1. The van der Waals surface area contributed by atoms with Crippen LogP contribution in [0.2, 0.25) is 0 Å². The molecule has 2 aromatic carbocycles. The molecule has 0 fully saturated rings. The van der Waals surface area contributed by atoms with Crippen LogP contribution in [0.4, 0.5) is 0 Å². The van der Waals surface area contributed by atoms with E-state index in [0.29, 0.717) is 22.6 Å². The van der Waals surface area contributed by atoms with E-state index < -0.39 is 11.8 Å². The van der Waals surface area contributed by atoms with Gasteiger partial charge in [-0.05, 0) is 50.2 Å². The van der Waals surface area contributed by atoms with Crippen LogP contribution in [-0.4, -0.2) is 25.0 Å². The number of carbonyl (C=O) groups is 2. The number of rotatable bonds is 5. The molecule has 0 aromatic heterocycles. The molecule has 2 rings (SSSR count). The van der Waals surface area contributed by atoms with Gasteiger partial charge >= 0.3 is 0 Å². The van der Waals surface area contributed by atoms with Crippen molar-refractivity contribution in [2.24, 2.45) is 0 Å². The van der Waals surface area contributed by atoms with Crippen molar-refractivity contribution >= 4 is 11.8 Å². The number of methoxy groups -OCH3 is 1. The Morgan fingerprint density at radius 2 is 1.54 bits per heavy atom. The molecule has 0 spiro atoms. The minimum atomic E-state index is -0.458. The lowest BCUT2D eigenvalue weighted by molar-refractivity contribution is 0.0845. The fourth-order valence-corrected chi connectivity index (χ4v) is 2.04. The maximum absolute atomic E-state index is 12.1. The Labute approximate surface area is 140 Å². The first kappa shape index (κ1) is 17.3. The van der Waals surface area contributed by atoms with E-state index in [0.717, 1.165) is 0 Å². The van der Waals surface area contributed by atoms with Crippen molar-refractivity contribution in [3.63, 3.8) is 0 Å². The van der Waals surface area contributed by atoms with Crippen molar-refractivity contribution in [1.82, 2.24) is 10.9 Å². The van der Waals surface area contributed by atoms with Crippen LogP contribution in [0.25, 0.3) is 0 Å². The normalized spacial score (nSPS) is 10.2. The van der Waals surface area contributed by atoms with E-state index in [1.807, 2.05) is 13.8 Å². The van der Waals surface area contributed by atoms with Crippen LogP contribution < -0.4 is 20.3 Å². The second kappa shape index (κ2) is 8.01. The molecule has 0 saturated heterocycles. The molecular formula is C18H20N2O4. The smallest absolute Gasteiger partial charge is 0.273 e. The van der Waals surface area contributed by atoms with Gasteiger partial charge in [0.25, 0.3) is 11.8 Å². The van der Waals surface area contributed by atoms with Crippen molar-refractivity contribution in [2.75, 3.05) is 7.11 Å². The number of carbonyl (C=O) groups excluding carboxylic acids is 2. The summed E-state index contributed by atoms with van der Waals surface area (Å²) in [6.07, 6.45) is 0.0600. The molecule has 0 atom stereocenters. The molecule has 2 N–H and O–H groups in total. The van der Waals surface area contributed by atoms with E-state index in [-0.39, 0.29) is 6.10 Å². The van der Waals surface area contributed by atoms with Crippen LogP contribution in [-0.2, 0) is 0 Å². The van der Waals surface area contributed by atoms with Crippen LogP contribution in [0.1, 0.15) is 34.6 Å². The van der Waals surface area contributed by atoms with Gasteiger partial charge in [0, 0.05) is 5.56 Å². The van der Waals surface area contributed by atoms with E-state index in [1.165, 1.54) is 7.11 Å². The number of benzene rings is 2. The minimum Gasteiger partial charge on any atom is -0.496 e. The average Bonchev–Trinajstić information content (AvgIpc) is 2.59. The third kappa shape index (κ3) is 4.49. The topological polar surface area (TPSA) is 76.7 Å². The highest BCUT2D eigenvalue weighted by Gasteiger charge is 2.13. The number of hydrazine groups is 1. The van der Waals surface area contributed by atoms with Crippen molar-refractivity contribution in [3.8, 4) is 11.5 Å². The Hall–Kier alpha value is -3.02. The molecule has 0 aliphatic rings. The zero-order valence-electron chi connectivity index (χ0n) is 13.8. The fraction of sp³-hybridized carbons (Fsp3) is 0.222. The number of ether oxygens (including phenoxy) is 2. The third-order valence-corrected chi connectivity index (χ3v) is 3.13. The Kier molecular flexibility index (Phi) is 5.78. The van der Waals surface area contributed by atoms with Crippen LogP contribution in [0.15, 0.2) is 48.5 Å². The first-order chi connectivity index (χ1) is 11.5. The molecule has 0 radical (unpaired) electrons. The van der Waals surface area contributed by atoms with Gasteiger partial charge in [-0.25, -0.2) is 0 Å². The highest BCUT2D eigenvalue weighted by Crippen LogP contribution is 2.17. The monoisotopic (exact) mass is 328 g/mol. The van der Waals surface area contributed by atoms with Gasteiger partial charge in [0.15, 0.2) is 0 Å². The van der Waals surface area contributed by atoms with E-state index in [4.69, 9.17) is 9.47 Å². The molecule has 0 aliphatic carbocycles. The summed E-state index contributed by atoms with van der Waals surface area (Å²) in [6.45, 7) is 3.85. The molecule has 126 valence electrons. The van der Waals surface area contributed by atoms with E-state index >= 15 is 0 Å². The highest BCUT2D eigenvalue weighted by molar-refractivity contribution is 6.00. The number of nitrogens with one attached hydrogen (secondary N) is 2. The summed E-state index contributed by atoms with van der Waals surface area (Å²) >= 11 is 0. The predicted octanol–water partition coefficient (Wildman–Crippen LogP) is 2.56. The van der Waals surface area contributed by atoms with Gasteiger partial charge in [0.1, 0.15) is 11.5 Å². The second-order valence-electron chi connectivity index (χ2n) is 5.30. The Morgan fingerprint density at radius 3 is 2.17 bits per heavy atom. The SMILES string of the molecule is COc1ccccc1C(=O)NNC(=O)c1ccc(OC(C)C)cc1. The van der Waals surface area contributed by atoms with Crippen molar-refractivity contribution in [1.29, 1.82) is 0 Å². The van der Waals surface area contributed by atoms with E-state index in [2.05, 4.69) is 10.9 Å². The van der Waals surface area contributed by atoms with Crippen molar-refractivity contribution < 1.29 is 19.1 Å². The number of amides is 2. The lowest BCUT2D eigenvalue weighted by atomic mass is 10.2. The lowest BCUT2D eigenvalue weighted by Crippen LogP contribution is -2.41. The maximum atomic E-state index is 12.1. The van der Waals surface area contributed by atoms with Gasteiger partial charge in [0.2, 0.25) is 0 Å². The largest absolute Gasteiger partial charge is 0.496 e. The molecule has 0 aliphatic heterocycles. The van der Waals surface area contributed by atoms with Gasteiger partial charge in [-0.15, -0.1) is 0 Å². The summed E-state index contributed by atoms with van der Waals surface area (Å²) in [5.74, 6) is 0.231. The standard InChI is InChI=1S/C18H20N2O4/c1-12(2)24-14-10-8-13(9-11-14)17(21)19-20-18(22)15-6-4-5-7-16(15)23-3/h4-12H,1-3H3,(H,19,21)(H,20,22). The summed E-state index contributed by atoms with van der Waals surface area (Å²) in [7, 11) is 1.48. The summed E-state index contributed by atoms with van der Waals surface area (Å²) in [5, 5.41) is 0. The zero-order valence-corrected chi connectivity index (χ0v) is 13.8. The quantitative estimate of drug-likeness (QED) is 0.827.